The maximum Gasteiger partial charge on any atom is 0.266 e. The first-order valence-electron chi connectivity index (χ1n) is 8.88. The molecular weight excluding hydrogens is 330 g/mol. The number of hydrogen-bond donors (Lipinski definition) is 1. The molecule has 7 nitrogen and oxygen atoms in total. The number of H-pyrrole nitrogens is 1. The number of likely N-dealkylation sites (tertiary alicyclic amines) is 1. The Morgan fingerprint density at radius 2 is 2.08 bits per heavy atom. The van der Waals surface area contributed by atoms with Crippen molar-refractivity contribution in [3.8, 4) is 0 Å². The number of carbonyl (C=O) groups excluding carboxylic acids is 1. The number of aromatic nitrogens is 4. The summed E-state index contributed by atoms with van der Waals surface area (Å²) in [6.45, 7) is 3.88. The number of amides is 1. The van der Waals surface area contributed by atoms with Gasteiger partial charge in [0.25, 0.3) is 11.5 Å². The average Bonchev–Trinajstić information content (AvgIpc) is 3.09. The summed E-state index contributed by atoms with van der Waals surface area (Å²) >= 11 is 0. The van der Waals surface area contributed by atoms with Crippen molar-refractivity contribution in [2.75, 3.05) is 13.1 Å². The van der Waals surface area contributed by atoms with Gasteiger partial charge in [0.05, 0.1) is 11.3 Å². The lowest BCUT2D eigenvalue weighted by molar-refractivity contribution is 0.0682. The van der Waals surface area contributed by atoms with Gasteiger partial charge in [-0.05, 0) is 43.9 Å². The number of nitrogens with zero attached hydrogens (tertiary/aromatic N) is 4. The molecule has 7 heteroatoms. The van der Waals surface area contributed by atoms with E-state index in [9.17, 15) is 9.59 Å². The molecule has 0 radical (unpaired) electrons. The van der Waals surface area contributed by atoms with Crippen LogP contribution in [0.2, 0.25) is 0 Å². The average molecular weight is 351 g/mol. The summed E-state index contributed by atoms with van der Waals surface area (Å²) in [7, 11) is 0. The zero-order valence-corrected chi connectivity index (χ0v) is 14.7. The number of fused-ring (bicyclic) bond motifs is 1. The molecule has 1 fully saturated rings. The Labute approximate surface area is 150 Å². The van der Waals surface area contributed by atoms with E-state index in [-0.39, 0.29) is 11.5 Å². The van der Waals surface area contributed by atoms with Gasteiger partial charge in [-0.25, -0.2) is 9.67 Å². The summed E-state index contributed by atoms with van der Waals surface area (Å²) in [4.78, 5) is 34.0. The van der Waals surface area contributed by atoms with Gasteiger partial charge in [0.15, 0.2) is 0 Å². The van der Waals surface area contributed by atoms with Crippen LogP contribution in [-0.2, 0) is 6.54 Å². The highest BCUT2D eigenvalue weighted by molar-refractivity contribution is 6.05. The first-order chi connectivity index (χ1) is 12.6. The molecule has 1 aliphatic rings. The van der Waals surface area contributed by atoms with Crippen molar-refractivity contribution >= 4 is 16.9 Å². The second-order valence-electron chi connectivity index (χ2n) is 6.83. The fourth-order valence-corrected chi connectivity index (χ4v) is 3.55. The minimum absolute atomic E-state index is 0.0357. The molecule has 1 saturated heterocycles. The minimum atomic E-state index is -0.0691. The molecule has 134 valence electrons. The number of nitrogens with one attached hydrogen (secondary N) is 1. The monoisotopic (exact) mass is 351 g/mol. The summed E-state index contributed by atoms with van der Waals surface area (Å²) in [6.07, 6.45) is 5.19. The Kier molecular flexibility index (Phi) is 4.28. The second kappa shape index (κ2) is 6.74. The van der Waals surface area contributed by atoms with Gasteiger partial charge in [-0.3, -0.25) is 9.59 Å². The van der Waals surface area contributed by atoms with E-state index in [1.165, 1.54) is 0 Å². The van der Waals surface area contributed by atoms with Gasteiger partial charge < -0.3 is 9.88 Å². The van der Waals surface area contributed by atoms with E-state index in [0.29, 0.717) is 31.1 Å². The molecule has 1 amide bonds. The molecule has 0 bridgehead atoms. The molecule has 0 spiro atoms. The fraction of sp³-hybridized carbons (Fsp3) is 0.368. The summed E-state index contributed by atoms with van der Waals surface area (Å²) < 4.78 is 1.54. The molecule has 1 N–H and O–H groups in total. The first kappa shape index (κ1) is 16.5. The van der Waals surface area contributed by atoms with Gasteiger partial charge in [-0.15, -0.1) is 0 Å². The van der Waals surface area contributed by atoms with Crippen LogP contribution >= 0.6 is 0 Å². The quantitative estimate of drug-likeness (QED) is 0.782. The van der Waals surface area contributed by atoms with Crippen LogP contribution in [0.5, 0.6) is 0 Å². The molecule has 0 aromatic carbocycles. The molecule has 0 saturated carbocycles. The molecule has 26 heavy (non-hydrogen) atoms. The smallest absolute Gasteiger partial charge is 0.266 e. The maximum absolute atomic E-state index is 12.8. The summed E-state index contributed by atoms with van der Waals surface area (Å²) in [5.74, 6) is 0.393. The van der Waals surface area contributed by atoms with E-state index in [0.717, 1.165) is 29.6 Å². The number of carbonyl (C=O) groups is 1. The van der Waals surface area contributed by atoms with Crippen LogP contribution in [0.4, 0.5) is 0 Å². The summed E-state index contributed by atoms with van der Waals surface area (Å²) in [6, 6.07) is 7.04. The third-order valence-corrected chi connectivity index (χ3v) is 5.01. The fourth-order valence-electron chi connectivity index (χ4n) is 3.55. The van der Waals surface area contributed by atoms with Gasteiger partial charge in [0, 0.05) is 43.5 Å². The van der Waals surface area contributed by atoms with Crippen molar-refractivity contribution in [2.45, 2.75) is 26.3 Å². The minimum Gasteiger partial charge on any atom is -0.345 e. The van der Waals surface area contributed by atoms with Gasteiger partial charge in [0.1, 0.15) is 5.65 Å². The third kappa shape index (κ3) is 3.12. The van der Waals surface area contributed by atoms with Gasteiger partial charge >= 0.3 is 0 Å². The Morgan fingerprint density at radius 3 is 2.88 bits per heavy atom. The van der Waals surface area contributed by atoms with Gasteiger partial charge in [-0.1, -0.05) is 0 Å². The second-order valence-corrected chi connectivity index (χ2v) is 6.83. The molecule has 4 heterocycles. The SMILES string of the molecule is Cc1ccc(=O)n(CC2CCN(C(=O)c3c[nH]c4ncccc34)CC2)n1. The van der Waals surface area contributed by atoms with E-state index >= 15 is 0 Å². The molecular formula is C19H21N5O2. The molecule has 1 aliphatic heterocycles. The van der Waals surface area contributed by atoms with Crippen molar-refractivity contribution in [2.24, 2.45) is 5.92 Å². The van der Waals surface area contributed by atoms with Crippen LogP contribution in [0.25, 0.3) is 11.0 Å². The number of pyridine rings is 1. The highest BCUT2D eigenvalue weighted by Crippen LogP contribution is 2.23. The van der Waals surface area contributed by atoms with Crippen molar-refractivity contribution < 1.29 is 4.79 Å². The van der Waals surface area contributed by atoms with Crippen molar-refractivity contribution in [1.29, 1.82) is 0 Å². The maximum atomic E-state index is 12.8. The number of aryl methyl sites for hydroxylation is 1. The highest BCUT2D eigenvalue weighted by Gasteiger charge is 2.25. The number of aromatic amines is 1. The summed E-state index contributed by atoms with van der Waals surface area (Å²) in [5, 5.41) is 5.16. The largest absolute Gasteiger partial charge is 0.345 e. The standard InChI is InChI=1S/C19H21N5O2/c1-13-4-5-17(25)24(22-13)12-14-6-9-23(10-7-14)19(26)16-11-21-18-15(16)3-2-8-20-18/h2-5,8,11,14H,6-7,9-10,12H2,1H3,(H,20,21). The molecule has 0 aliphatic carbocycles. The highest BCUT2D eigenvalue weighted by atomic mass is 16.2. The van der Waals surface area contributed by atoms with E-state index in [2.05, 4.69) is 15.1 Å². The van der Waals surface area contributed by atoms with Crippen LogP contribution < -0.4 is 5.56 Å². The van der Waals surface area contributed by atoms with E-state index in [1.807, 2.05) is 24.0 Å². The van der Waals surface area contributed by atoms with Gasteiger partial charge in [0.2, 0.25) is 0 Å². The molecule has 0 atom stereocenters. The lowest BCUT2D eigenvalue weighted by atomic mass is 9.96. The zero-order chi connectivity index (χ0) is 18.1. The van der Waals surface area contributed by atoms with Crippen LogP contribution in [0, 0.1) is 12.8 Å². The topological polar surface area (TPSA) is 83.9 Å². The van der Waals surface area contributed by atoms with Crippen LogP contribution in [-0.4, -0.2) is 43.6 Å². The van der Waals surface area contributed by atoms with E-state index in [1.54, 1.807) is 29.2 Å². The van der Waals surface area contributed by atoms with Crippen LogP contribution in [0.1, 0.15) is 28.9 Å². The van der Waals surface area contributed by atoms with E-state index in [4.69, 9.17) is 0 Å². The predicted octanol–water partition coefficient (Wildman–Crippen LogP) is 1.98. The van der Waals surface area contributed by atoms with Crippen LogP contribution in [0.3, 0.4) is 0 Å². The van der Waals surface area contributed by atoms with Crippen molar-refractivity contribution in [1.82, 2.24) is 24.6 Å². The molecule has 4 rings (SSSR count). The van der Waals surface area contributed by atoms with E-state index < -0.39 is 0 Å². The normalized spacial score (nSPS) is 15.5. The Bertz CT molecular complexity index is 998. The Hall–Kier alpha value is -2.96. The lowest BCUT2D eigenvalue weighted by Gasteiger charge is -2.32. The van der Waals surface area contributed by atoms with Crippen LogP contribution in [0.15, 0.2) is 41.5 Å². The Balaban J connectivity index is 1.42. The third-order valence-electron chi connectivity index (χ3n) is 5.01. The lowest BCUT2D eigenvalue weighted by Crippen LogP contribution is -2.40. The van der Waals surface area contributed by atoms with Crippen molar-refractivity contribution in [3.05, 3.63) is 58.3 Å². The van der Waals surface area contributed by atoms with Gasteiger partial charge in [-0.2, -0.15) is 5.10 Å². The first-order valence-corrected chi connectivity index (χ1v) is 8.88. The number of rotatable bonds is 3. The van der Waals surface area contributed by atoms with Crippen molar-refractivity contribution in [3.63, 3.8) is 0 Å². The Morgan fingerprint density at radius 1 is 1.27 bits per heavy atom. The number of piperidine rings is 1. The zero-order valence-electron chi connectivity index (χ0n) is 14.7. The predicted molar refractivity (Wildman–Crippen MR) is 98.0 cm³/mol. The number of hydrogen-bond acceptors (Lipinski definition) is 4. The molecule has 0 unspecified atom stereocenters. The molecule has 3 aromatic heterocycles. The summed E-state index contributed by atoms with van der Waals surface area (Å²) in [5.41, 5.74) is 2.17. The molecule has 3 aromatic rings.